The van der Waals surface area contributed by atoms with Gasteiger partial charge in [0.15, 0.2) is 0 Å². The Balaban J connectivity index is 1.83. The summed E-state index contributed by atoms with van der Waals surface area (Å²) in [6.07, 6.45) is 9.28. The Bertz CT molecular complexity index is 171. The lowest BCUT2D eigenvalue weighted by Crippen LogP contribution is -2.47. The van der Waals surface area contributed by atoms with Crippen molar-refractivity contribution >= 4 is 0 Å². The van der Waals surface area contributed by atoms with Crippen LogP contribution >= 0.6 is 0 Å². The van der Waals surface area contributed by atoms with Gasteiger partial charge >= 0.3 is 0 Å². The van der Waals surface area contributed by atoms with Crippen LogP contribution in [0.2, 0.25) is 0 Å². The van der Waals surface area contributed by atoms with Crippen molar-refractivity contribution in [1.82, 2.24) is 0 Å². The quantitative estimate of drug-likeness (QED) is 0.701. The molecule has 0 radical (unpaired) electrons. The molecule has 2 aliphatic carbocycles. The zero-order valence-electron chi connectivity index (χ0n) is 8.34. The van der Waals surface area contributed by atoms with E-state index in [1.807, 2.05) is 0 Å². The Morgan fingerprint density at radius 3 is 2.31 bits per heavy atom. The second kappa shape index (κ2) is 3.58. The van der Waals surface area contributed by atoms with Crippen molar-refractivity contribution < 1.29 is 5.11 Å². The third-order valence-corrected chi connectivity index (χ3v) is 3.97. The van der Waals surface area contributed by atoms with E-state index in [0.29, 0.717) is 0 Å². The van der Waals surface area contributed by atoms with Gasteiger partial charge in [0.05, 0.1) is 5.60 Å². The predicted molar refractivity (Wildman–Crippen MR) is 53.4 cm³/mol. The molecule has 1 atom stereocenters. The fourth-order valence-corrected chi connectivity index (χ4v) is 2.67. The maximum Gasteiger partial charge on any atom is 0.0798 e. The Labute approximate surface area is 80.5 Å². The van der Waals surface area contributed by atoms with Gasteiger partial charge in [0.1, 0.15) is 0 Å². The van der Waals surface area contributed by atoms with Gasteiger partial charge in [-0.1, -0.05) is 32.1 Å². The molecular weight excluding hydrogens is 162 g/mol. The zero-order chi connectivity index (χ0) is 9.31. The average Bonchev–Trinajstić information content (AvgIpc) is 2.45. The lowest BCUT2D eigenvalue weighted by molar-refractivity contribution is 0.00894. The summed E-state index contributed by atoms with van der Waals surface area (Å²) in [5.74, 6) is 0.819. The SMILES string of the molecule is NC(CC1CCC1)C1(O)CCCC1. The Hall–Kier alpha value is -0.0800. The standard InChI is InChI=1S/C11H21NO/c12-10(8-9-4-3-5-9)11(13)6-1-2-7-11/h9-10,13H,1-8,12H2. The molecule has 0 aliphatic heterocycles. The molecule has 3 N–H and O–H groups in total. The summed E-state index contributed by atoms with van der Waals surface area (Å²) in [6.45, 7) is 0. The molecule has 2 rings (SSSR count). The highest BCUT2D eigenvalue weighted by atomic mass is 16.3. The minimum atomic E-state index is -0.504. The first-order valence-electron chi connectivity index (χ1n) is 5.69. The van der Waals surface area contributed by atoms with Crippen LogP contribution in [0.15, 0.2) is 0 Å². The van der Waals surface area contributed by atoms with Crippen LogP contribution in [0.25, 0.3) is 0 Å². The molecule has 0 amide bonds. The van der Waals surface area contributed by atoms with Gasteiger partial charge in [0, 0.05) is 6.04 Å². The third-order valence-electron chi connectivity index (χ3n) is 3.97. The van der Waals surface area contributed by atoms with E-state index in [2.05, 4.69) is 0 Å². The highest BCUT2D eigenvalue weighted by molar-refractivity contribution is 4.95. The first-order valence-corrected chi connectivity index (χ1v) is 5.69. The smallest absolute Gasteiger partial charge is 0.0798 e. The fraction of sp³-hybridized carbons (Fsp3) is 1.00. The monoisotopic (exact) mass is 183 g/mol. The van der Waals surface area contributed by atoms with Crippen molar-refractivity contribution in [1.29, 1.82) is 0 Å². The molecule has 0 bridgehead atoms. The van der Waals surface area contributed by atoms with Gasteiger partial charge < -0.3 is 10.8 Å². The number of hydrogen-bond acceptors (Lipinski definition) is 2. The van der Waals surface area contributed by atoms with E-state index in [1.54, 1.807) is 0 Å². The van der Waals surface area contributed by atoms with Crippen molar-refractivity contribution in [3.8, 4) is 0 Å². The molecule has 13 heavy (non-hydrogen) atoms. The van der Waals surface area contributed by atoms with Gasteiger partial charge in [-0.2, -0.15) is 0 Å². The second-order valence-corrected chi connectivity index (χ2v) is 4.95. The normalized spacial score (nSPS) is 30.0. The lowest BCUT2D eigenvalue weighted by Gasteiger charge is -2.35. The molecule has 0 aromatic rings. The van der Waals surface area contributed by atoms with Gasteiger partial charge in [-0.15, -0.1) is 0 Å². The highest BCUT2D eigenvalue weighted by Gasteiger charge is 2.38. The molecule has 0 aromatic carbocycles. The van der Waals surface area contributed by atoms with E-state index < -0.39 is 5.60 Å². The molecular formula is C11H21NO. The number of aliphatic hydroxyl groups is 1. The van der Waals surface area contributed by atoms with Gasteiger partial charge in [-0.3, -0.25) is 0 Å². The molecule has 0 saturated heterocycles. The lowest BCUT2D eigenvalue weighted by atomic mass is 9.77. The first kappa shape index (κ1) is 9.47. The van der Waals surface area contributed by atoms with Crippen LogP contribution in [0.1, 0.15) is 51.4 Å². The number of hydrogen-bond donors (Lipinski definition) is 2. The molecule has 2 nitrogen and oxygen atoms in total. The summed E-state index contributed by atoms with van der Waals surface area (Å²) in [5.41, 5.74) is 5.57. The molecule has 2 heteroatoms. The van der Waals surface area contributed by atoms with Crippen LogP contribution in [-0.2, 0) is 0 Å². The zero-order valence-corrected chi connectivity index (χ0v) is 8.34. The molecule has 0 heterocycles. The number of nitrogens with two attached hydrogens (primary N) is 1. The number of rotatable bonds is 3. The summed E-state index contributed by atoms with van der Waals surface area (Å²) in [6, 6.07) is 0.0419. The molecule has 1 unspecified atom stereocenters. The van der Waals surface area contributed by atoms with Crippen LogP contribution in [0.3, 0.4) is 0 Å². The Morgan fingerprint density at radius 2 is 1.85 bits per heavy atom. The molecule has 2 aliphatic rings. The van der Waals surface area contributed by atoms with Crippen molar-refractivity contribution in [2.75, 3.05) is 0 Å². The predicted octanol–water partition coefficient (Wildman–Crippen LogP) is 1.81. The van der Waals surface area contributed by atoms with Crippen LogP contribution in [-0.4, -0.2) is 16.7 Å². The summed E-state index contributed by atoms with van der Waals surface area (Å²) < 4.78 is 0. The van der Waals surface area contributed by atoms with Crippen molar-refractivity contribution in [2.45, 2.75) is 63.0 Å². The summed E-state index contributed by atoms with van der Waals surface area (Å²) >= 11 is 0. The maximum atomic E-state index is 10.2. The van der Waals surface area contributed by atoms with E-state index in [0.717, 1.165) is 38.0 Å². The van der Waals surface area contributed by atoms with Gasteiger partial charge in [0.25, 0.3) is 0 Å². The fourth-order valence-electron chi connectivity index (χ4n) is 2.67. The van der Waals surface area contributed by atoms with Crippen LogP contribution < -0.4 is 5.73 Å². The molecule has 2 fully saturated rings. The van der Waals surface area contributed by atoms with Crippen LogP contribution in [0, 0.1) is 5.92 Å². The van der Waals surface area contributed by atoms with E-state index in [1.165, 1.54) is 19.3 Å². The topological polar surface area (TPSA) is 46.2 Å². The van der Waals surface area contributed by atoms with Crippen molar-refractivity contribution in [2.24, 2.45) is 11.7 Å². The largest absolute Gasteiger partial charge is 0.388 e. The highest BCUT2D eigenvalue weighted by Crippen LogP contribution is 2.37. The molecule has 2 saturated carbocycles. The summed E-state index contributed by atoms with van der Waals surface area (Å²) in [7, 11) is 0. The van der Waals surface area contributed by atoms with Gasteiger partial charge in [-0.05, 0) is 25.2 Å². The van der Waals surface area contributed by atoms with E-state index in [9.17, 15) is 5.11 Å². The van der Waals surface area contributed by atoms with Crippen molar-refractivity contribution in [3.05, 3.63) is 0 Å². The minimum absolute atomic E-state index is 0.0419. The first-order chi connectivity index (χ1) is 6.21. The van der Waals surface area contributed by atoms with E-state index >= 15 is 0 Å². The van der Waals surface area contributed by atoms with E-state index in [-0.39, 0.29) is 6.04 Å². The Kier molecular flexibility index (Phi) is 2.61. The third kappa shape index (κ3) is 1.89. The van der Waals surface area contributed by atoms with Crippen LogP contribution in [0.5, 0.6) is 0 Å². The molecule has 0 aromatic heterocycles. The molecule has 76 valence electrons. The summed E-state index contributed by atoms with van der Waals surface area (Å²) in [4.78, 5) is 0. The van der Waals surface area contributed by atoms with Crippen molar-refractivity contribution in [3.63, 3.8) is 0 Å². The minimum Gasteiger partial charge on any atom is -0.388 e. The van der Waals surface area contributed by atoms with E-state index in [4.69, 9.17) is 5.73 Å². The average molecular weight is 183 g/mol. The molecule has 0 spiro atoms. The summed E-state index contributed by atoms with van der Waals surface area (Å²) in [5, 5.41) is 10.2. The van der Waals surface area contributed by atoms with Gasteiger partial charge in [-0.25, -0.2) is 0 Å². The van der Waals surface area contributed by atoms with Gasteiger partial charge in [0.2, 0.25) is 0 Å². The second-order valence-electron chi connectivity index (χ2n) is 4.95. The van der Waals surface area contributed by atoms with Crippen LogP contribution in [0.4, 0.5) is 0 Å². The Morgan fingerprint density at radius 1 is 1.23 bits per heavy atom. The maximum absolute atomic E-state index is 10.2.